The van der Waals surface area contributed by atoms with Crippen LogP contribution in [0.4, 0.5) is 5.82 Å². The first-order chi connectivity index (χ1) is 13.2. The molecule has 0 aliphatic heterocycles. The monoisotopic (exact) mass is 448 g/mol. The second-order valence-corrected chi connectivity index (χ2v) is 6.91. The average Bonchev–Trinajstić information content (AvgIpc) is 3.28. The quantitative estimate of drug-likeness (QED) is 0.336. The van der Waals surface area contributed by atoms with Gasteiger partial charge in [0, 0.05) is 15.9 Å². The number of alkyl halides is 1. The van der Waals surface area contributed by atoms with E-state index in [4.69, 9.17) is 22.1 Å². The molecule has 27 heavy (non-hydrogen) atoms. The predicted octanol–water partition coefficient (Wildman–Crippen LogP) is 4.07. The van der Waals surface area contributed by atoms with E-state index in [2.05, 4.69) is 45.8 Å². The Kier molecular flexibility index (Phi) is 4.95. The number of benzene rings is 1. The van der Waals surface area contributed by atoms with Crippen LogP contribution in [0.1, 0.15) is 6.42 Å². The van der Waals surface area contributed by atoms with Gasteiger partial charge in [-0.2, -0.15) is 0 Å². The Balaban J connectivity index is 1.88. The highest BCUT2D eigenvalue weighted by Gasteiger charge is 2.20. The van der Waals surface area contributed by atoms with Crippen molar-refractivity contribution in [2.24, 2.45) is 0 Å². The molecular formula is C17H14BrClN6O2. The van der Waals surface area contributed by atoms with E-state index in [0.29, 0.717) is 45.6 Å². The van der Waals surface area contributed by atoms with Crippen LogP contribution >= 0.6 is 27.5 Å². The molecule has 3 N–H and O–H groups in total. The summed E-state index contributed by atoms with van der Waals surface area (Å²) in [7, 11) is 0. The summed E-state index contributed by atoms with van der Waals surface area (Å²) in [4.78, 5) is 12.4. The molecule has 3 aromatic heterocycles. The first-order valence-electron chi connectivity index (χ1n) is 8.09. The van der Waals surface area contributed by atoms with Crippen LogP contribution in [0.2, 0.25) is 5.02 Å². The molecule has 0 aliphatic carbocycles. The lowest BCUT2D eigenvalue weighted by molar-refractivity contribution is 0.310. The molecule has 10 heteroatoms. The van der Waals surface area contributed by atoms with Gasteiger partial charge in [0.1, 0.15) is 11.0 Å². The van der Waals surface area contributed by atoms with Gasteiger partial charge in [0.15, 0.2) is 23.1 Å². The fourth-order valence-electron chi connectivity index (χ4n) is 2.64. The van der Waals surface area contributed by atoms with Crippen molar-refractivity contribution in [2.45, 2.75) is 6.42 Å². The second kappa shape index (κ2) is 7.53. The molecule has 0 bridgehead atoms. The lowest BCUT2D eigenvalue weighted by Gasteiger charge is -2.08. The van der Waals surface area contributed by atoms with E-state index in [1.54, 1.807) is 12.3 Å². The first-order valence-corrected chi connectivity index (χ1v) is 9.59. The SMILES string of the molecule is Nc1nonc1-c1nc2c(-c3cccc(Cl)c3)ncc(OCCCBr)c2[nH]1. The Morgan fingerprint density at radius 2 is 2.15 bits per heavy atom. The van der Waals surface area contributed by atoms with Crippen LogP contribution in [0.3, 0.4) is 0 Å². The number of aromatic nitrogens is 5. The number of halogens is 2. The Morgan fingerprint density at radius 1 is 1.26 bits per heavy atom. The fourth-order valence-corrected chi connectivity index (χ4v) is 3.06. The van der Waals surface area contributed by atoms with Gasteiger partial charge in [-0.1, -0.05) is 39.7 Å². The predicted molar refractivity (Wildman–Crippen MR) is 106 cm³/mol. The number of imidazole rings is 1. The zero-order valence-electron chi connectivity index (χ0n) is 13.9. The zero-order valence-corrected chi connectivity index (χ0v) is 16.3. The van der Waals surface area contributed by atoms with E-state index < -0.39 is 0 Å². The number of H-pyrrole nitrogens is 1. The zero-order chi connectivity index (χ0) is 18.8. The summed E-state index contributed by atoms with van der Waals surface area (Å²) in [5.41, 5.74) is 8.94. The highest BCUT2D eigenvalue weighted by Crippen LogP contribution is 2.34. The Hall–Kier alpha value is -2.65. The molecule has 0 spiro atoms. The number of nitrogen functional groups attached to an aromatic ring is 1. The number of anilines is 1. The van der Waals surface area contributed by atoms with Gasteiger partial charge in [0.25, 0.3) is 0 Å². The van der Waals surface area contributed by atoms with Gasteiger partial charge in [-0.05, 0) is 28.9 Å². The van der Waals surface area contributed by atoms with E-state index in [1.165, 1.54) is 0 Å². The van der Waals surface area contributed by atoms with Gasteiger partial charge in [0.2, 0.25) is 0 Å². The Bertz CT molecular complexity index is 1100. The molecule has 0 aliphatic rings. The number of nitrogens with one attached hydrogen (secondary N) is 1. The molecule has 4 rings (SSSR count). The smallest absolute Gasteiger partial charge is 0.199 e. The van der Waals surface area contributed by atoms with Crippen molar-refractivity contribution in [3.63, 3.8) is 0 Å². The van der Waals surface area contributed by atoms with Gasteiger partial charge in [-0.25, -0.2) is 14.6 Å². The summed E-state index contributed by atoms with van der Waals surface area (Å²) in [6, 6.07) is 7.41. The first kappa shape index (κ1) is 17.7. The van der Waals surface area contributed by atoms with E-state index in [1.807, 2.05) is 18.2 Å². The number of hydrogen-bond donors (Lipinski definition) is 2. The Labute approximate surface area is 167 Å². The standard InChI is InChI=1S/C17H14BrClN6O2/c18-5-2-6-26-11-8-21-12(9-3-1-4-10(19)7-9)14-13(11)22-17(23-14)15-16(20)25-27-24-15/h1,3-4,7-8H,2,5-6H2,(H2,20,25)(H,22,23). The van der Waals surface area contributed by atoms with Crippen LogP contribution in [0.5, 0.6) is 5.75 Å². The van der Waals surface area contributed by atoms with Crippen LogP contribution < -0.4 is 10.5 Å². The van der Waals surface area contributed by atoms with Crippen LogP contribution in [-0.2, 0) is 0 Å². The number of rotatable bonds is 6. The summed E-state index contributed by atoms with van der Waals surface area (Å²) in [5.74, 6) is 1.16. The van der Waals surface area contributed by atoms with E-state index in [0.717, 1.165) is 17.3 Å². The van der Waals surface area contributed by atoms with Gasteiger partial charge >= 0.3 is 0 Å². The van der Waals surface area contributed by atoms with E-state index in [9.17, 15) is 0 Å². The summed E-state index contributed by atoms with van der Waals surface area (Å²) in [5, 5.41) is 8.87. The third-order valence-corrected chi connectivity index (χ3v) is 4.65. The minimum atomic E-state index is 0.146. The molecule has 1 aromatic carbocycles. The van der Waals surface area contributed by atoms with Gasteiger partial charge < -0.3 is 15.5 Å². The molecule has 138 valence electrons. The normalized spacial score (nSPS) is 11.2. The highest BCUT2D eigenvalue weighted by molar-refractivity contribution is 9.09. The van der Waals surface area contributed by atoms with Gasteiger partial charge in [-0.3, -0.25) is 0 Å². The van der Waals surface area contributed by atoms with Crippen molar-refractivity contribution in [2.75, 3.05) is 17.7 Å². The minimum Gasteiger partial charge on any atom is -0.490 e. The molecule has 0 amide bonds. The van der Waals surface area contributed by atoms with Crippen LogP contribution in [0.25, 0.3) is 33.8 Å². The molecule has 0 fully saturated rings. The molecule has 4 aromatic rings. The third-order valence-electron chi connectivity index (χ3n) is 3.86. The third kappa shape index (κ3) is 3.47. The van der Waals surface area contributed by atoms with Gasteiger partial charge in [0.05, 0.1) is 18.5 Å². The fraction of sp³-hybridized carbons (Fsp3) is 0.176. The van der Waals surface area contributed by atoms with E-state index in [-0.39, 0.29) is 5.82 Å². The molecule has 0 atom stereocenters. The van der Waals surface area contributed by atoms with Crippen molar-refractivity contribution >= 4 is 44.4 Å². The van der Waals surface area contributed by atoms with Crippen LogP contribution in [0.15, 0.2) is 35.1 Å². The van der Waals surface area contributed by atoms with Gasteiger partial charge in [-0.15, -0.1) is 0 Å². The van der Waals surface area contributed by atoms with Crippen LogP contribution in [-0.4, -0.2) is 37.2 Å². The maximum Gasteiger partial charge on any atom is 0.199 e. The van der Waals surface area contributed by atoms with Crippen molar-refractivity contribution in [3.05, 3.63) is 35.5 Å². The number of pyridine rings is 1. The highest BCUT2D eigenvalue weighted by atomic mass is 79.9. The Morgan fingerprint density at radius 3 is 2.89 bits per heavy atom. The lowest BCUT2D eigenvalue weighted by atomic mass is 10.1. The number of nitrogens with two attached hydrogens (primary N) is 1. The topological polar surface area (TPSA) is 116 Å². The molecule has 0 saturated carbocycles. The number of aromatic amines is 1. The molecule has 8 nitrogen and oxygen atoms in total. The lowest BCUT2D eigenvalue weighted by Crippen LogP contribution is -1.99. The average molecular weight is 450 g/mol. The number of hydrogen-bond acceptors (Lipinski definition) is 7. The maximum absolute atomic E-state index is 6.14. The van der Waals surface area contributed by atoms with Crippen molar-refractivity contribution < 1.29 is 9.37 Å². The molecule has 0 saturated heterocycles. The number of nitrogens with zero attached hydrogens (tertiary/aromatic N) is 4. The summed E-state index contributed by atoms with van der Waals surface area (Å²) in [6.07, 6.45) is 2.53. The molecule has 3 heterocycles. The summed E-state index contributed by atoms with van der Waals surface area (Å²) < 4.78 is 10.5. The minimum absolute atomic E-state index is 0.146. The summed E-state index contributed by atoms with van der Waals surface area (Å²) >= 11 is 9.53. The second-order valence-electron chi connectivity index (χ2n) is 5.68. The molecular weight excluding hydrogens is 436 g/mol. The molecule has 0 radical (unpaired) electrons. The van der Waals surface area contributed by atoms with Crippen LogP contribution in [0, 0.1) is 0 Å². The van der Waals surface area contributed by atoms with Crippen molar-refractivity contribution in [3.8, 4) is 28.5 Å². The largest absolute Gasteiger partial charge is 0.490 e. The molecule has 0 unspecified atom stereocenters. The number of ether oxygens (including phenoxy) is 1. The summed E-state index contributed by atoms with van der Waals surface area (Å²) in [6.45, 7) is 0.542. The van der Waals surface area contributed by atoms with Crippen molar-refractivity contribution in [1.29, 1.82) is 0 Å². The van der Waals surface area contributed by atoms with E-state index >= 15 is 0 Å². The maximum atomic E-state index is 6.14. The number of fused-ring (bicyclic) bond motifs is 1. The van der Waals surface area contributed by atoms with Crippen molar-refractivity contribution in [1.82, 2.24) is 25.3 Å².